The summed E-state index contributed by atoms with van der Waals surface area (Å²) >= 11 is 1.12. The highest BCUT2D eigenvalue weighted by atomic mass is 32.2. The number of nitrogens with two attached hydrogens (primary N) is 1. The molecule has 0 aliphatic rings. The van der Waals surface area contributed by atoms with E-state index in [4.69, 9.17) is 11.0 Å². The fraction of sp³-hybridized carbons (Fsp3) is 0.250. The van der Waals surface area contributed by atoms with E-state index in [0.717, 1.165) is 11.8 Å². The first kappa shape index (κ1) is 17.7. The van der Waals surface area contributed by atoms with E-state index in [-0.39, 0.29) is 30.3 Å². The van der Waals surface area contributed by atoms with Gasteiger partial charge in [0.1, 0.15) is 11.6 Å². The number of carbonyl (C=O) groups excluding carboxylic acids is 1. The predicted molar refractivity (Wildman–Crippen MR) is 90.9 cm³/mol. The van der Waals surface area contributed by atoms with Crippen LogP contribution in [0.5, 0.6) is 0 Å². The van der Waals surface area contributed by atoms with E-state index < -0.39 is 5.82 Å². The molecule has 124 valence electrons. The number of aromatic nitrogens is 2. The number of aryl methyl sites for hydroxylation is 1. The van der Waals surface area contributed by atoms with Crippen molar-refractivity contribution in [2.24, 2.45) is 0 Å². The molecule has 24 heavy (non-hydrogen) atoms. The molecule has 1 heterocycles. The molecule has 0 atom stereocenters. The number of carbonyl (C=O) groups is 1. The Morgan fingerprint density at radius 1 is 1.42 bits per heavy atom. The summed E-state index contributed by atoms with van der Waals surface area (Å²) in [5.41, 5.74) is 6.51. The van der Waals surface area contributed by atoms with Gasteiger partial charge >= 0.3 is 0 Å². The lowest BCUT2D eigenvalue weighted by Crippen LogP contribution is -2.34. The number of nitriles is 1. The van der Waals surface area contributed by atoms with Gasteiger partial charge < -0.3 is 10.6 Å². The molecule has 6 nitrogen and oxygen atoms in total. The molecule has 1 amide bonds. The van der Waals surface area contributed by atoms with Crippen LogP contribution in [-0.2, 0) is 4.79 Å². The number of amides is 1. The maximum absolute atomic E-state index is 14.0. The molecule has 0 saturated carbocycles. The second-order valence-electron chi connectivity index (χ2n) is 4.91. The number of nitrogen functional groups attached to an aromatic ring is 1. The van der Waals surface area contributed by atoms with Crippen LogP contribution in [0, 0.1) is 24.1 Å². The average molecular weight is 345 g/mol. The molecule has 0 radical (unpaired) electrons. The zero-order valence-corrected chi connectivity index (χ0v) is 13.9. The minimum atomic E-state index is -0.509. The summed E-state index contributed by atoms with van der Waals surface area (Å²) in [6.07, 6.45) is 0.110. The standard InChI is InChI=1S/C16H16FN5OS/c1-11-9-14(19)21-16(20-11)24-10-15(23)22(8-4-7-18)13-6-3-2-5-12(13)17/h2-3,5-6,9H,4,8,10H2,1H3,(H2,19,20,21). The summed E-state index contributed by atoms with van der Waals surface area (Å²) in [5, 5.41) is 9.15. The van der Waals surface area contributed by atoms with E-state index in [2.05, 4.69) is 9.97 Å². The van der Waals surface area contributed by atoms with Gasteiger partial charge in [0.15, 0.2) is 5.16 Å². The Kier molecular flexibility index (Phi) is 6.09. The van der Waals surface area contributed by atoms with Crippen LogP contribution in [0.1, 0.15) is 12.1 Å². The van der Waals surface area contributed by atoms with Gasteiger partial charge in [0.25, 0.3) is 0 Å². The summed E-state index contributed by atoms with van der Waals surface area (Å²) in [4.78, 5) is 22.0. The van der Waals surface area contributed by atoms with Crippen molar-refractivity contribution < 1.29 is 9.18 Å². The SMILES string of the molecule is Cc1cc(N)nc(SCC(=O)N(CCC#N)c2ccccc2F)n1. The van der Waals surface area contributed by atoms with E-state index in [9.17, 15) is 9.18 Å². The van der Waals surface area contributed by atoms with Crippen LogP contribution in [-0.4, -0.2) is 28.2 Å². The number of nitrogens with zero attached hydrogens (tertiary/aromatic N) is 4. The van der Waals surface area contributed by atoms with Gasteiger partial charge in [-0.25, -0.2) is 14.4 Å². The van der Waals surface area contributed by atoms with Crippen LogP contribution < -0.4 is 10.6 Å². The topological polar surface area (TPSA) is 95.9 Å². The van der Waals surface area contributed by atoms with Crippen molar-refractivity contribution in [3.8, 4) is 6.07 Å². The first-order valence-electron chi connectivity index (χ1n) is 7.17. The Morgan fingerprint density at radius 2 is 2.17 bits per heavy atom. The van der Waals surface area contributed by atoms with Crippen LogP contribution in [0.4, 0.5) is 15.9 Å². The average Bonchev–Trinajstić information content (AvgIpc) is 2.54. The van der Waals surface area contributed by atoms with Gasteiger partial charge in [-0.1, -0.05) is 23.9 Å². The van der Waals surface area contributed by atoms with Crippen molar-refractivity contribution in [2.75, 3.05) is 22.9 Å². The highest BCUT2D eigenvalue weighted by molar-refractivity contribution is 7.99. The number of rotatable bonds is 6. The van der Waals surface area contributed by atoms with Gasteiger partial charge in [0, 0.05) is 18.3 Å². The third-order valence-electron chi connectivity index (χ3n) is 3.07. The van der Waals surface area contributed by atoms with E-state index in [1.807, 2.05) is 6.07 Å². The minimum Gasteiger partial charge on any atom is -0.384 e. The van der Waals surface area contributed by atoms with Crippen molar-refractivity contribution in [1.29, 1.82) is 5.26 Å². The normalized spacial score (nSPS) is 10.2. The van der Waals surface area contributed by atoms with E-state index in [1.165, 1.54) is 17.0 Å². The lowest BCUT2D eigenvalue weighted by atomic mass is 10.2. The molecule has 2 N–H and O–H groups in total. The molecule has 2 aromatic rings. The molecule has 0 saturated heterocycles. The highest BCUT2D eigenvalue weighted by Gasteiger charge is 2.19. The zero-order chi connectivity index (χ0) is 17.5. The van der Waals surface area contributed by atoms with E-state index in [1.54, 1.807) is 25.1 Å². The largest absolute Gasteiger partial charge is 0.384 e. The Hall–Kier alpha value is -2.66. The highest BCUT2D eigenvalue weighted by Crippen LogP contribution is 2.22. The van der Waals surface area contributed by atoms with E-state index in [0.29, 0.717) is 16.7 Å². The molecule has 0 fully saturated rings. The number of hydrogen-bond acceptors (Lipinski definition) is 6. The molecule has 0 aliphatic heterocycles. The van der Waals surface area contributed by atoms with E-state index >= 15 is 0 Å². The second kappa shape index (κ2) is 8.26. The van der Waals surface area contributed by atoms with Crippen molar-refractivity contribution in [1.82, 2.24) is 9.97 Å². The first-order valence-corrected chi connectivity index (χ1v) is 8.15. The summed E-state index contributed by atoms with van der Waals surface area (Å²) in [6, 6.07) is 9.57. The van der Waals surface area contributed by atoms with Gasteiger partial charge in [-0.3, -0.25) is 4.79 Å². The monoisotopic (exact) mass is 345 g/mol. The lowest BCUT2D eigenvalue weighted by molar-refractivity contribution is -0.116. The Morgan fingerprint density at radius 3 is 2.83 bits per heavy atom. The quantitative estimate of drug-likeness (QED) is 0.638. The van der Waals surface area contributed by atoms with Gasteiger partial charge in [-0.05, 0) is 19.1 Å². The Bertz CT molecular complexity index is 757. The van der Waals surface area contributed by atoms with Gasteiger partial charge in [-0.2, -0.15) is 5.26 Å². The van der Waals surface area contributed by atoms with Crippen molar-refractivity contribution >= 4 is 29.2 Å². The summed E-state index contributed by atoms with van der Waals surface area (Å²) < 4.78 is 14.0. The summed E-state index contributed by atoms with van der Waals surface area (Å²) in [6.45, 7) is 1.90. The first-order chi connectivity index (χ1) is 11.5. The second-order valence-corrected chi connectivity index (χ2v) is 5.85. The molecular formula is C16H16FN5OS. The van der Waals surface area contributed by atoms with Crippen molar-refractivity contribution in [3.05, 3.63) is 41.8 Å². The molecule has 0 spiro atoms. The Balaban J connectivity index is 2.13. The molecule has 2 rings (SSSR count). The zero-order valence-electron chi connectivity index (χ0n) is 13.1. The number of hydrogen-bond donors (Lipinski definition) is 1. The number of benzene rings is 1. The predicted octanol–water partition coefficient (Wildman–Crippen LogP) is 2.55. The fourth-order valence-electron chi connectivity index (χ4n) is 2.05. The number of anilines is 2. The molecule has 1 aromatic carbocycles. The fourth-order valence-corrected chi connectivity index (χ4v) is 2.83. The van der Waals surface area contributed by atoms with Crippen LogP contribution in [0.3, 0.4) is 0 Å². The third-order valence-corrected chi connectivity index (χ3v) is 3.90. The molecule has 0 aliphatic carbocycles. The van der Waals surface area contributed by atoms with Crippen molar-refractivity contribution in [2.45, 2.75) is 18.5 Å². The number of para-hydroxylation sites is 1. The third kappa shape index (κ3) is 4.67. The smallest absolute Gasteiger partial charge is 0.237 e. The maximum Gasteiger partial charge on any atom is 0.237 e. The molecule has 0 bridgehead atoms. The Labute approximate surface area is 143 Å². The van der Waals surface area contributed by atoms with Gasteiger partial charge in [-0.15, -0.1) is 0 Å². The summed E-state index contributed by atoms with van der Waals surface area (Å²) in [5.74, 6) is -0.496. The van der Waals surface area contributed by atoms with Crippen LogP contribution in [0.25, 0.3) is 0 Å². The minimum absolute atomic E-state index is 0.0165. The van der Waals surface area contributed by atoms with Crippen molar-refractivity contribution in [3.63, 3.8) is 0 Å². The summed E-state index contributed by atoms with van der Waals surface area (Å²) in [7, 11) is 0. The van der Waals surface area contributed by atoms with Crippen LogP contribution >= 0.6 is 11.8 Å². The molecule has 8 heteroatoms. The van der Waals surface area contributed by atoms with Crippen LogP contribution in [0.2, 0.25) is 0 Å². The van der Waals surface area contributed by atoms with Crippen LogP contribution in [0.15, 0.2) is 35.5 Å². The number of halogens is 1. The molecule has 1 aromatic heterocycles. The van der Waals surface area contributed by atoms with Gasteiger partial charge in [0.05, 0.1) is 23.9 Å². The van der Waals surface area contributed by atoms with Gasteiger partial charge in [0.2, 0.25) is 5.91 Å². The molecular weight excluding hydrogens is 329 g/mol. The number of thioether (sulfide) groups is 1. The maximum atomic E-state index is 14.0. The molecule has 0 unspecified atom stereocenters. The lowest BCUT2D eigenvalue weighted by Gasteiger charge is -2.22.